The number of allylic oxidation sites excluding steroid dienone is 2. The van der Waals surface area contributed by atoms with Crippen molar-refractivity contribution in [3.05, 3.63) is 42.0 Å². The first-order valence-electron chi connectivity index (χ1n) is 7.75. The van der Waals surface area contributed by atoms with Crippen LogP contribution in [0.4, 0.5) is 5.69 Å². The predicted octanol–water partition coefficient (Wildman–Crippen LogP) is 2.59. The van der Waals surface area contributed by atoms with E-state index in [0.717, 1.165) is 12.8 Å². The van der Waals surface area contributed by atoms with Crippen molar-refractivity contribution >= 4 is 23.3 Å². The molecule has 1 aliphatic heterocycles. The summed E-state index contributed by atoms with van der Waals surface area (Å²) in [6, 6.07) is 6.80. The minimum Gasteiger partial charge on any atom is -0.295 e. The highest BCUT2D eigenvalue weighted by Gasteiger charge is 2.56. The van der Waals surface area contributed by atoms with E-state index in [1.54, 1.807) is 24.3 Å². The molecule has 4 heteroatoms. The van der Waals surface area contributed by atoms with Crippen molar-refractivity contribution in [3.8, 4) is 0 Å². The highest BCUT2D eigenvalue weighted by molar-refractivity contribution is 6.22. The first-order valence-corrected chi connectivity index (χ1v) is 7.75. The molecule has 0 aromatic heterocycles. The van der Waals surface area contributed by atoms with E-state index in [1.807, 2.05) is 0 Å². The molecule has 2 bridgehead atoms. The number of carbonyl (C=O) groups is 3. The molecule has 1 aromatic carbocycles. The van der Waals surface area contributed by atoms with Crippen molar-refractivity contribution in [2.24, 2.45) is 23.7 Å². The Kier molecular flexibility index (Phi) is 2.83. The van der Waals surface area contributed by atoms with Crippen LogP contribution in [0.1, 0.15) is 30.1 Å². The second-order valence-corrected chi connectivity index (χ2v) is 6.46. The van der Waals surface area contributed by atoms with Crippen molar-refractivity contribution in [3.63, 3.8) is 0 Å². The molecule has 1 heterocycles. The second-order valence-electron chi connectivity index (χ2n) is 6.46. The minimum atomic E-state index is -0.211. The smallest absolute Gasteiger partial charge is 0.238 e. The van der Waals surface area contributed by atoms with Crippen LogP contribution >= 0.6 is 0 Å². The van der Waals surface area contributed by atoms with Gasteiger partial charge in [-0.3, -0.25) is 14.4 Å². The predicted molar refractivity (Wildman–Crippen MR) is 81.3 cm³/mol. The third-order valence-electron chi connectivity index (χ3n) is 5.27. The second kappa shape index (κ2) is 4.63. The fourth-order valence-electron chi connectivity index (χ4n) is 4.19. The Morgan fingerprint density at radius 2 is 1.64 bits per heavy atom. The molecule has 1 saturated carbocycles. The maximum atomic E-state index is 12.8. The average molecular weight is 295 g/mol. The van der Waals surface area contributed by atoms with Gasteiger partial charge in [-0.1, -0.05) is 24.3 Å². The molecular formula is C18H17NO3. The molecule has 22 heavy (non-hydrogen) atoms. The third kappa shape index (κ3) is 1.73. The van der Waals surface area contributed by atoms with Gasteiger partial charge in [0.05, 0.1) is 17.5 Å². The van der Waals surface area contributed by atoms with Crippen LogP contribution in [0.2, 0.25) is 0 Å². The van der Waals surface area contributed by atoms with Gasteiger partial charge in [0.25, 0.3) is 0 Å². The highest BCUT2D eigenvalue weighted by Crippen LogP contribution is 2.50. The van der Waals surface area contributed by atoms with Crippen LogP contribution in [0, 0.1) is 23.7 Å². The molecule has 4 nitrogen and oxygen atoms in total. The van der Waals surface area contributed by atoms with Gasteiger partial charge in [0.15, 0.2) is 5.78 Å². The number of ketones is 1. The molecule has 2 fully saturated rings. The number of Topliss-reactive ketones (excluding diaryl/α,β-unsaturated/α-hetero) is 1. The number of amides is 2. The topological polar surface area (TPSA) is 54.5 Å². The van der Waals surface area contributed by atoms with Gasteiger partial charge in [0.1, 0.15) is 0 Å². The van der Waals surface area contributed by atoms with Crippen molar-refractivity contribution in [1.29, 1.82) is 0 Å². The number of imide groups is 1. The fourth-order valence-corrected chi connectivity index (χ4v) is 4.19. The average Bonchev–Trinajstić information content (AvgIpc) is 2.82. The number of benzene rings is 1. The summed E-state index contributed by atoms with van der Waals surface area (Å²) in [5.74, 6) is -0.320. The summed E-state index contributed by atoms with van der Waals surface area (Å²) in [6.07, 6.45) is 6.19. The van der Waals surface area contributed by atoms with Crippen molar-refractivity contribution in [2.75, 3.05) is 4.90 Å². The standard InChI is InChI=1S/C18H17NO3/c1-10(20)13-3-2-4-14(9-13)19-17(21)15-11-5-6-12(8-7-11)16(15)18(19)22/h2-6,9,11-12,15-16H,7-8H2,1H3/t11-,12-,15-,16+/m0/s1. The molecule has 4 aliphatic rings. The largest absolute Gasteiger partial charge is 0.295 e. The number of rotatable bonds is 2. The molecule has 3 aliphatic carbocycles. The molecule has 2 amide bonds. The lowest BCUT2D eigenvalue weighted by atomic mass is 9.63. The van der Waals surface area contributed by atoms with Gasteiger partial charge >= 0.3 is 0 Å². The van der Waals surface area contributed by atoms with E-state index in [4.69, 9.17) is 0 Å². The zero-order valence-corrected chi connectivity index (χ0v) is 12.4. The maximum absolute atomic E-state index is 12.8. The Bertz CT molecular complexity index is 689. The van der Waals surface area contributed by atoms with Crippen LogP contribution in [0.5, 0.6) is 0 Å². The minimum absolute atomic E-state index is 0.0694. The van der Waals surface area contributed by atoms with E-state index in [9.17, 15) is 14.4 Å². The number of anilines is 1. The third-order valence-corrected chi connectivity index (χ3v) is 5.27. The monoisotopic (exact) mass is 295 g/mol. The molecule has 0 spiro atoms. The van der Waals surface area contributed by atoms with Gasteiger partial charge in [-0.15, -0.1) is 0 Å². The molecule has 112 valence electrons. The van der Waals surface area contributed by atoms with Gasteiger partial charge in [-0.2, -0.15) is 0 Å². The van der Waals surface area contributed by atoms with Crippen LogP contribution in [-0.4, -0.2) is 17.6 Å². The fraction of sp³-hybridized carbons (Fsp3) is 0.389. The van der Waals surface area contributed by atoms with E-state index >= 15 is 0 Å². The maximum Gasteiger partial charge on any atom is 0.238 e. The molecule has 0 N–H and O–H groups in total. The summed E-state index contributed by atoms with van der Waals surface area (Å²) >= 11 is 0. The Balaban J connectivity index is 1.75. The Hall–Kier alpha value is -2.23. The first-order chi connectivity index (χ1) is 10.6. The van der Waals surface area contributed by atoms with E-state index in [2.05, 4.69) is 12.2 Å². The van der Waals surface area contributed by atoms with Crippen molar-refractivity contribution < 1.29 is 14.4 Å². The zero-order valence-electron chi connectivity index (χ0n) is 12.4. The van der Waals surface area contributed by atoms with Crippen LogP contribution in [0.15, 0.2) is 36.4 Å². The Morgan fingerprint density at radius 1 is 1.05 bits per heavy atom. The Morgan fingerprint density at radius 3 is 2.14 bits per heavy atom. The zero-order chi connectivity index (χ0) is 15.4. The first kappa shape index (κ1) is 13.4. The van der Waals surface area contributed by atoms with Crippen molar-refractivity contribution in [1.82, 2.24) is 0 Å². The molecule has 0 unspecified atom stereocenters. The molecule has 5 rings (SSSR count). The lowest BCUT2D eigenvalue weighted by Gasteiger charge is -2.38. The highest BCUT2D eigenvalue weighted by atomic mass is 16.2. The number of nitrogens with zero attached hydrogens (tertiary/aromatic N) is 1. The van der Waals surface area contributed by atoms with Gasteiger partial charge < -0.3 is 0 Å². The molecule has 1 aromatic rings. The summed E-state index contributed by atoms with van der Waals surface area (Å²) in [7, 11) is 0. The van der Waals surface area contributed by atoms with E-state index < -0.39 is 0 Å². The van der Waals surface area contributed by atoms with E-state index in [1.165, 1.54) is 11.8 Å². The summed E-state index contributed by atoms with van der Waals surface area (Å²) in [4.78, 5) is 38.5. The summed E-state index contributed by atoms with van der Waals surface area (Å²) in [5, 5.41) is 0. The van der Waals surface area contributed by atoms with Crippen molar-refractivity contribution in [2.45, 2.75) is 19.8 Å². The van der Waals surface area contributed by atoms with Gasteiger partial charge in [0, 0.05) is 5.56 Å². The van der Waals surface area contributed by atoms with E-state index in [-0.39, 0.29) is 41.3 Å². The lowest BCUT2D eigenvalue weighted by molar-refractivity contribution is -0.124. The van der Waals surface area contributed by atoms with Crippen LogP contribution in [-0.2, 0) is 9.59 Å². The Labute approximate surface area is 128 Å². The number of carbonyl (C=O) groups excluding carboxylic acids is 3. The quantitative estimate of drug-likeness (QED) is 0.479. The molecular weight excluding hydrogens is 278 g/mol. The van der Waals surface area contributed by atoms with Crippen LogP contribution in [0.3, 0.4) is 0 Å². The van der Waals surface area contributed by atoms with E-state index in [0.29, 0.717) is 11.3 Å². The summed E-state index contributed by atoms with van der Waals surface area (Å²) in [6.45, 7) is 1.48. The normalized spacial score (nSPS) is 32.5. The number of fused-ring (bicyclic) bond motifs is 1. The van der Waals surface area contributed by atoms with Crippen LogP contribution in [0.25, 0.3) is 0 Å². The van der Waals surface area contributed by atoms with Gasteiger partial charge in [0.2, 0.25) is 11.8 Å². The van der Waals surface area contributed by atoms with Gasteiger partial charge in [-0.05, 0) is 43.7 Å². The summed E-state index contributed by atoms with van der Waals surface area (Å²) < 4.78 is 0. The number of hydrogen-bond donors (Lipinski definition) is 0. The SMILES string of the molecule is CC(=O)c1cccc(N2C(=O)[C@@H]3[C@H](C2=O)[C@H]2C=C[C@H]3CC2)c1. The molecule has 0 radical (unpaired) electrons. The van der Waals surface area contributed by atoms with Gasteiger partial charge in [-0.25, -0.2) is 4.90 Å². The molecule has 4 atom stereocenters. The molecule has 1 saturated heterocycles. The number of hydrogen-bond acceptors (Lipinski definition) is 3. The lowest BCUT2D eigenvalue weighted by Crippen LogP contribution is -2.38. The van der Waals surface area contributed by atoms with Crippen LogP contribution < -0.4 is 4.90 Å². The summed E-state index contributed by atoms with van der Waals surface area (Å²) in [5.41, 5.74) is 1.05.